The van der Waals surface area contributed by atoms with Crippen LogP contribution in [-0.4, -0.2) is 37.5 Å². The number of carbonyl (C=O) groups excluding carboxylic acids is 1. The number of amides is 1. The molecule has 2 aliphatic rings. The smallest absolute Gasteiger partial charge is 0.251 e. The highest BCUT2D eigenvalue weighted by molar-refractivity contribution is 5.96. The van der Waals surface area contributed by atoms with Gasteiger partial charge in [-0.25, -0.2) is 4.39 Å². The van der Waals surface area contributed by atoms with Gasteiger partial charge in [-0.3, -0.25) is 4.79 Å². The van der Waals surface area contributed by atoms with E-state index in [4.69, 9.17) is 4.74 Å². The monoisotopic (exact) mass is 326 g/mol. The quantitative estimate of drug-likeness (QED) is 0.922. The molecule has 0 aromatic heterocycles. The van der Waals surface area contributed by atoms with Gasteiger partial charge in [0.15, 0.2) is 0 Å². The highest BCUT2D eigenvalue weighted by atomic mass is 19.1. The Kier molecular flexibility index (Phi) is 3.73. The summed E-state index contributed by atoms with van der Waals surface area (Å²) in [4.78, 5) is 14.7. The number of hydrogen-bond acceptors (Lipinski definition) is 3. The van der Waals surface area contributed by atoms with Gasteiger partial charge in [0.05, 0.1) is 0 Å². The average molecular weight is 326 g/mol. The van der Waals surface area contributed by atoms with E-state index >= 15 is 0 Å². The van der Waals surface area contributed by atoms with Gasteiger partial charge in [-0.1, -0.05) is 6.07 Å². The van der Waals surface area contributed by atoms with Crippen molar-refractivity contribution >= 4 is 5.91 Å². The minimum atomic E-state index is -0.306. The zero-order valence-corrected chi connectivity index (χ0v) is 13.5. The van der Waals surface area contributed by atoms with Crippen LogP contribution in [0.2, 0.25) is 0 Å². The molecule has 5 heteroatoms. The standard InChI is InChI=1S/C19H19FN2O2/c1-22-10-12-9-21-19(23)17-8-15(6-7-16(17)18(12)11-22)24-14-4-2-13(20)3-5-14/h2-8,12,18H,9-11H2,1H3,(H,21,23). The van der Waals surface area contributed by atoms with Gasteiger partial charge in [0.25, 0.3) is 5.91 Å². The van der Waals surface area contributed by atoms with Crippen LogP contribution in [0.5, 0.6) is 11.5 Å². The van der Waals surface area contributed by atoms with E-state index in [1.165, 1.54) is 12.1 Å². The Bertz CT molecular complexity index is 775. The molecule has 0 saturated carbocycles. The minimum absolute atomic E-state index is 0.0494. The lowest BCUT2D eigenvalue weighted by Gasteiger charge is -2.17. The van der Waals surface area contributed by atoms with Crippen molar-refractivity contribution in [1.82, 2.24) is 10.2 Å². The second-order valence-electron chi connectivity index (χ2n) is 6.60. The first-order valence-corrected chi connectivity index (χ1v) is 8.14. The van der Waals surface area contributed by atoms with Crippen LogP contribution in [0, 0.1) is 11.7 Å². The second-order valence-corrected chi connectivity index (χ2v) is 6.60. The molecule has 2 atom stereocenters. The normalized spacial score (nSPS) is 23.2. The fourth-order valence-electron chi connectivity index (χ4n) is 3.72. The van der Waals surface area contributed by atoms with Crippen LogP contribution in [0.3, 0.4) is 0 Å². The number of nitrogens with one attached hydrogen (secondary N) is 1. The largest absolute Gasteiger partial charge is 0.457 e. The Morgan fingerprint density at radius 2 is 1.88 bits per heavy atom. The molecule has 0 aliphatic carbocycles. The van der Waals surface area contributed by atoms with Crippen LogP contribution in [-0.2, 0) is 0 Å². The summed E-state index contributed by atoms with van der Waals surface area (Å²) < 4.78 is 18.8. The number of nitrogens with zero attached hydrogens (tertiary/aromatic N) is 1. The number of halogens is 1. The number of fused-ring (bicyclic) bond motifs is 3. The predicted molar refractivity (Wildman–Crippen MR) is 89.0 cm³/mol. The van der Waals surface area contributed by atoms with E-state index < -0.39 is 0 Å². The Hall–Kier alpha value is -2.40. The first-order chi connectivity index (χ1) is 11.6. The topological polar surface area (TPSA) is 41.6 Å². The van der Waals surface area contributed by atoms with Gasteiger partial charge in [-0.2, -0.15) is 0 Å². The molecule has 1 N–H and O–H groups in total. The maximum atomic E-state index is 13.0. The molecule has 0 spiro atoms. The van der Waals surface area contributed by atoms with Gasteiger partial charge >= 0.3 is 0 Å². The second kappa shape index (κ2) is 5.91. The number of benzene rings is 2. The summed E-state index contributed by atoms with van der Waals surface area (Å²) in [5.74, 6) is 1.59. The van der Waals surface area contributed by atoms with E-state index in [9.17, 15) is 9.18 Å². The van der Waals surface area contributed by atoms with Gasteiger partial charge in [-0.05, 0) is 54.9 Å². The number of hydrogen-bond donors (Lipinski definition) is 1. The fourth-order valence-corrected chi connectivity index (χ4v) is 3.72. The highest BCUT2D eigenvalue weighted by Gasteiger charge is 2.36. The Labute approximate surface area is 140 Å². The van der Waals surface area contributed by atoms with E-state index in [-0.39, 0.29) is 11.7 Å². The van der Waals surface area contributed by atoms with E-state index in [1.807, 2.05) is 12.1 Å². The molecule has 24 heavy (non-hydrogen) atoms. The summed E-state index contributed by atoms with van der Waals surface area (Å²) in [5.41, 5.74) is 1.77. The van der Waals surface area contributed by atoms with Crippen molar-refractivity contribution in [3.8, 4) is 11.5 Å². The third-order valence-electron chi connectivity index (χ3n) is 4.87. The van der Waals surface area contributed by atoms with Crippen molar-refractivity contribution < 1.29 is 13.9 Å². The molecule has 2 aliphatic heterocycles. The summed E-state index contributed by atoms with van der Waals surface area (Å²) in [6, 6.07) is 11.5. The summed E-state index contributed by atoms with van der Waals surface area (Å²) >= 11 is 0. The molecule has 2 unspecified atom stereocenters. The number of ether oxygens (including phenoxy) is 1. The zero-order valence-electron chi connectivity index (χ0n) is 13.5. The van der Waals surface area contributed by atoms with E-state index in [1.54, 1.807) is 18.2 Å². The number of rotatable bonds is 2. The van der Waals surface area contributed by atoms with E-state index in [2.05, 4.69) is 17.3 Å². The molecule has 1 amide bonds. The minimum Gasteiger partial charge on any atom is -0.457 e. The third kappa shape index (κ3) is 2.76. The first-order valence-electron chi connectivity index (χ1n) is 8.14. The predicted octanol–water partition coefficient (Wildman–Crippen LogP) is 3.01. The molecule has 0 bridgehead atoms. The van der Waals surface area contributed by atoms with Crippen LogP contribution in [0.1, 0.15) is 21.8 Å². The average Bonchev–Trinajstić information content (AvgIpc) is 2.90. The summed E-state index contributed by atoms with van der Waals surface area (Å²) in [7, 11) is 2.11. The summed E-state index contributed by atoms with van der Waals surface area (Å²) in [6.45, 7) is 2.67. The Morgan fingerprint density at radius 1 is 1.12 bits per heavy atom. The molecular weight excluding hydrogens is 307 g/mol. The SMILES string of the molecule is CN1CC2CNC(=O)c3cc(Oc4ccc(F)cc4)ccc3C2C1. The van der Waals surface area contributed by atoms with Gasteiger partial charge in [-0.15, -0.1) is 0 Å². The van der Waals surface area contributed by atoms with Crippen LogP contribution in [0.4, 0.5) is 4.39 Å². The van der Waals surface area contributed by atoms with E-state index in [0.29, 0.717) is 35.4 Å². The van der Waals surface area contributed by atoms with Crippen molar-refractivity contribution in [2.45, 2.75) is 5.92 Å². The lowest BCUT2D eigenvalue weighted by Crippen LogP contribution is -2.29. The van der Waals surface area contributed by atoms with Crippen molar-refractivity contribution in [1.29, 1.82) is 0 Å². The number of likely N-dealkylation sites (N-methyl/N-ethyl adjacent to an activating group) is 1. The molecule has 124 valence electrons. The van der Waals surface area contributed by atoms with Gasteiger partial charge in [0, 0.05) is 31.1 Å². The summed E-state index contributed by atoms with van der Waals surface area (Å²) in [5, 5.41) is 3.02. The van der Waals surface area contributed by atoms with Crippen LogP contribution >= 0.6 is 0 Å². The van der Waals surface area contributed by atoms with Crippen molar-refractivity contribution in [3.63, 3.8) is 0 Å². The Morgan fingerprint density at radius 3 is 2.67 bits per heavy atom. The third-order valence-corrected chi connectivity index (χ3v) is 4.87. The molecular formula is C19H19FN2O2. The summed E-state index contributed by atoms with van der Waals surface area (Å²) in [6.07, 6.45) is 0. The maximum absolute atomic E-state index is 13.0. The van der Waals surface area contributed by atoms with Gasteiger partial charge in [0.1, 0.15) is 17.3 Å². The first kappa shape index (κ1) is 15.1. The highest BCUT2D eigenvalue weighted by Crippen LogP contribution is 2.37. The molecule has 1 fully saturated rings. The van der Waals surface area contributed by atoms with Gasteiger partial charge in [0.2, 0.25) is 0 Å². The van der Waals surface area contributed by atoms with Crippen LogP contribution < -0.4 is 10.1 Å². The van der Waals surface area contributed by atoms with Gasteiger partial charge < -0.3 is 15.0 Å². The molecule has 2 aromatic rings. The lowest BCUT2D eigenvalue weighted by atomic mass is 9.87. The molecule has 1 saturated heterocycles. The van der Waals surface area contributed by atoms with Crippen molar-refractivity contribution in [2.75, 3.05) is 26.7 Å². The van der Waals surface area contributed by atoms with Crippen LogP contribution in [0.25, 0.3) is 0 Å². The maximum Gasteiger partial charge on any atom is 0.251 e. The molecule has 2 aromatic carbocycles. The molecule has 2 heterocycles. The fraction of sp³-hybridized carbons (Fsp3) is 0.316. The number of likely N-dealkylation sites (tertiary alicyclic amines) is 1. The molecule has 4 nitrogen and oxygen atoms in total. The molecule has 4 rings (SSSR count). The van der Waals surface area contributed by atoms with E-state index in [0.717, 1.165) is 18.7 Å². The lowest BCUT2D eigenvalue weighted by molar-refractivity contribution is 0.0951. The number of carbonyl (C=O) groups is 1. The van der Waals surface area contributed by atoms with Crippen molar-refractivity contribution in [2.24, 2.45) is 5.92 Å². The van der Waals surface area contributed by atoms with Crippen molar-refractivity contribution in [3.05, 3.63) is 59.4 Å². The Balaban J connectivity index is 1.66. The zero-order chi connectivity index (χ0) is 16.7. The molecule has 0 radical (unpaired) electrons. The van der Waals surface area contributed by atoms with Crippen LogP contribution in [0.15, 0.2) is 42.5 Å².